The van der Waals surface area contributed by atoms with Crippen LogP contribution in [-0.4, -0.2) is 0 Å². The molecule has 31 heavy (non-hydrogen) atoms. The van der Waals surface area contributed by atoms with Crippen molar-refractivity contribution >= 4 is 0 Å². The Morgan fingerprint density at radius 1 is 0.742 bits per heavy atom. The molecule has 0 bridgehead atoms. The van der Waals surface area contributed by atoms with Crippen LogP contribution in [0.4, 0.5) is 26.3 Å². The van der Waals surface area contributed by atoms with Gasteiger partial charge in [-0.05, 0) is 54.7 Å². The van der Waals surface area contributed by atoms with Gasteiger partial charge in [0.25, 0.3) is 0 Å². The van der Waals surface area contributed by atoms with Gasteiger partial charge in [0.05, 0.1) is 11.1 Å². The fourth-order valence-electron chi connectivity index (χ4n) is 3.32. The highest BCUT2D eigenvalue weighted by Gasteiger charge is 2.26. The molecule has 0 saturated carbocycles. The predicted molar refractivity (Wildman–Crippen MR) is 99.7 cm³/mol. The predicted octanol–water partition coefficient (Wildman–Crippen LogP) is 6.55. The van der Waals surface area contributed by atoms with Crippen LogP contribution in [0.15, 0.2) is 30.3 Å². The number of benzene rings is 3. The van der Waals surface area contributed by atoms with Crippen molar-refractivity contribution in [3.63, 3.8) is 0 Å². The van der Waals surface area contributed by atoms with Crippen LogP contribution < -0.4 is 0 Å². The van der Waals surface area contributed by atoms with E-state index in [1.807, 2.05) is 0 Å². The first-order valence-corrected chi connectivity index (χ1v) is 9.22. The van der Waals surface area contributed by atoms with Gasteiger partial charge in [0.2, 0.25) is 0 Å². The quantitative estimate of drug-likeness (QED) is 0.420. The van der Waals surface area contributed by atoms with Crippen LogP contribution in [0.5, 0.6) is 5.75 Å². The molecule has 0 saturated heterocycles. The Morgan fingerprint density at radius 2 is 1.29 bits per heavy atom. The maximum absolute atomic E-state index is 15.0. The van der Waals surface area contributed by atoms with Crippen LogP contribution in [0.2, 0.25) is 0 Å². The SMILES string of the molecule is CCc1cc(F)c(-c2c([O])cc(F)c(CCc3cc(F)c(C#N)c(F)c3)c2F)c(F)c1. The van der Waals surface area contributed by atoms with E-state index in [4.69, 9.17) is 5.26 Å². The number of hydrogen-bond acceptors (Lipinski definition) is 1. The highest BCUT2D eigenvalue weighted by atomic mass is 19.2. The summed E-state index contributed by atoms with van der Waals surface area (Å²) in [7, 11) is 0. The molecule has 0 spiro atoms. The second-order valence-electron chi connectivity index (χ2n) is 6.86. The minimum absolute atomic E-state index is 0.00482. The zero-order chi connectivity index (χ0) is 22.9. The van der Waals surface area contributed by atoms with Crippen LogP contribution in [0.1, 0.15) is 29.2 Å². The number of hydrogen-bond donors (Lipinski definition) is 0. The van der Waals surface area contributed by atoms with Gasteiger partial charge in [-0.15, -0.1) is 0 Å². The van der Waals surface area contributed by atoms with Gasteiger partial charge in [-0.2, -0.15) is 5.26 Å². The summed E-state index contributed by atoms with van der Waals surface area (Å²) in [6.45, 7) is 1.65. The van der Waals surface area contributed by atoms with Gasteiger partial charge < -0.3 is 0 Å². The van der Waals surface area contributed by atoms with Gasteiger partial charge in [-0.3, -0.25) is 5.11 Å². The average Bonchev–Trinajstić information content (AvgIpc) is 2.69. The minimum Gasteiger partial charge on any atom is -0.289 e. The summed E-state index contributed by atoms with van der Waals surface area (Å²) < 4.78 is 85.7. The number of aryl methyl sites for hydroxylation is 2. The van der Waals surface area contributed by atoms with Crippen LogP contribution in [-0.2, 0) is 24.4 Å². The molecule has 8 heteroatoms. The molecule has 0 aromatic heterocycles. The summed E-state index contributed by atoms with van der Waals surface area (Å²) in [6.07, 6.45) is -0.413. The first-order chi connectivity index (χ1) is 14.7. The fourth-order valence-corrected chi connectivity index (χ4v) is 3.32. The molecule has 0 aliphatic carbocycles. The Labute approximate surface area is 174 Å². The van der Waals surface area contributed by atoms with Crippen LogP contribution in [0, 0.1) is 46.2 Å². The molecule has 3 rings (SSSR count). The normalized spacial score (nSPS) is 10.9. The largest absolute Gasteiger partial charge is 0.289 e. The molecule has 2 nitrogen and oxygen atoms in total. The van der Waals surface area contributed by atoms with E-state index in [0.717, 1.165) is 24.3 Å². The third-order valence-corrected chi connectivity index (χ3v) is 4.91. The average molecular weight is 434 g/mol. The Morgan fingerprint density at radius 3 is 1.81 bits per heavy atom. The summed E-state index contributed by atoms with van der Waals surface area (Å²) in [4.78, 5) is 0. The molecule has 0 unspecified atom stereocenters. The van der Waals surface area contributed by atoms with E-state index < -0.39 is 69.3 Å². The van der Waals surface area contributed by atoms with Crippen molar-refractivity contribution in [1.82, 2.24) is 0 Å². The Bertz CT molecular complexity index is 1170. The van der Waals surface area contributed by atoms with E-state index >= 15 is 4.39 Å². The van der Waals surface area contributed by atoms with Gasteiger partial charge in [-0.25, -0.2) is 26.3 Å². The highest BCUT2D eigenvalue weighted by molar-refractivity contribution is 5.73. The van der Waals surface area contributed by atoms with Crippen molar-refractivity contribution in [1.29, 1.82) is 5.26 Å². The lowest BCUT2D eigenvalue weighted by Gasteiger charge is -2.13. The van der Waals surface area contributed by atoms with Crippen molar-refractivity contribution < 1.29 is 31.4 Å². The Hall–Kier alpha value is -3.47. The van der Waals surface area contributed by atoms with Crippen molar-refractivity contribution in [2.75, 3.05) is 0 Å². The van der Waals surface area contributed by atoms with Crippen LogP contribution in [0.3, 0.4) is 0 Å². The molecular weight excluding hydrogens is 420 g/mol. The zero-order valence-electron chi connectivity index (χ0n) is 16.1. The van der Waals surface area contributed by atoms with Crippen LogP contribution in [0.25, 0.3) is 11.1 Å². The highest BCUT2D eigenvalue weighted by Crippen LogP contribution is 2.39. The minimum atomic E-state index is -1.44. The summed E-state index contributed by atoms with van der Waals surface area (Å²) in [5, 5.41) is 20.9. The lowest BCUT2D eigenvalue weighted by Crippen LogP contribution is -2.04. The smallest absolute Gasteiger partial charge is 0.192 e. The Kier molecular flexibility index (Phi) is 6.25. The molecule has 0 aliphatic rings. The molecule has 0 atom stereocenters. The molecule has 3 aromatic carbocycles. The van der Waals surface area contributed by atoms with E-state index in [-0.39, 0.29) is 12.0 Å². The topological polar surface area (TPSA) is 43.7 Å². The summed E-state index contributed by atoms with van der Waals surface area (Å²) in [6, 6.07) is 5.40. The van der Waals surface area contributed by atoms with E-state index in [1.54, 1.807) is 6.92 Å². The second-order valence-corrected chi connectivity index (χ2v) is 6.86. The monoisotopic (exact) mass is 434 g/mol. The van der Waals surface area contributed by atoms with Crippen molar-refractivity contribution in [2.45, 2.75) is 26.2 Å². The number of halogens is 6. The van der Waals surface area contributed by atoms with E-state index in [9.17, 15) is 27.1 Å². The molecule has 0 heterocycles. The molecule has 0 fully saturated rings. The fraction of sp³-hybridized carbons (Fsp3) is 0.174. The van der Waals surface area contributed by atoms with Crippen LogP contribution >= 0.6 is 0 Å². The lowest BCUT2D eigenvalue weighted by molar-refractivity contribution is 0.349. The molecule has 0 N–H and O–H groups in total. The third kappa shape index (κ3) is 4.22. The van der Waals surface area contributed by atoms with Gasteiger partial charge in [-0.1, -0.05) is 6.92 Å². The summed E-state index contributed by atoms with van der Waals surface area (Å²) >= 11 is 0. The van der Waals surface area contributed by atoms with E-state index in [0.29, 0.717) is 18.1 Å². The van der Waals surface area contributed by atoms with E-state index in [2.05, 4.69) is 0 Å². The lowest BCUT2D eigenvalue weighted by atomic mass is 9.95. The number of nitrogens with zero attached hydrogens (tertiary/aromatic N) is 1. The summed E-state index contributed by atoms with van der Waals surface area (Å²) in [5.41, 5.74) is -3.01. The molecule has 0 amide bonds. The maximum atomic E-state index is 15.0. The van der Waals surface area contributed by atoms with E-state index in [1.165, 1.54) is 6.07 Å². The number of rotatable bonds is 5. The van der Waals surface area contributed by atoms with Crippen molar-refractivity contribution in [3.8, 4) is 22.9 Å². The second kappa shape index (κ2) is 8.72. The molecule has 159 valence electrons. The van der Waals surface area contributed by atoms with Crippen molar-refractivity contribution in [3.05, 3.63) is 87.5 Å². The first kappa shape index (κ1) is 22.2. The molecular formula is C23H14F6NO. The number of nitriles is 1. The molecule has 3 aromatic rings. The zero-order valence-corrected chi connectivity index (χ0v) is 16.1. The Balaban J connectivity index is 2.04. The van der Waals surface area contributed by atoms with Crippen molar-refractivity contribution in [2.24, 2.45) is 0 Å². The molecule has 0 aliphatic heterocycles. The van der Waals surface area contributed by atoms with Gasteiger partial charge >= 0.3 is 0 Å². The summed E-state index contributed by atoms with van der Waals surface area (Å²) in [5.74, 6) is -8.52. The standard InChI is InChI=1S/C23H14F6NO/c1-2-11-5-18(27)21(19(28)6-11)22-20(31)9-17(26)13(23(22)29)4-3-12-7-15(24)14(10-30)16(25)8-12/h5-9H,2-4H2,1H3. The van der Waals surface area contributed by atoms with Gasteiger partial charge in [0, 0.05) is 11.6 Å². The van der Waals surface area contributed by atoms with Gasteiger partial charge in [0.15, 0.2) is 5.75 Å². The maximum Gasteiger partial charge on any atom is 0.192 e. The third-order valence-electron chi connectivity index (χ3n) is 4.91. The molecule has 1 radical (unpaired) electrons. The first-order valence-electron chi connectivity index (χ1n) is 9.22. The van der Waals surface area contributed by atoms with Gasteiger partial charge in [0.1, 0.15) is 46.5 Å².